The highest BCUT2D eigenvalue weighted by molar-refractivity contribution is 5.68. The SMILES string of the molecule is Cc1cccc(-c2ccc(OC[C@@H]3Cn4c(CN5CCOCC5)cc(=O)nc4O3)cc2)c1C. The van der Waals surface area contributed by atoms with Crippen LogP contribution in [0.4, 0.5) is 0 Å². The summed E-state index contributed by atoms with van der Waals surface area (Å²) in [5, 5.41) is 0. The van der Waals surface area contributed by atoms with Gasteiger partial charge in [0.05, 0.1) is 19.8 Å². The Balaban J connectivity index is 1.23. The lowest BCUT2D eigenvalue weighted by molar-refractivity contribution is 0.0331. The van der Waals surface area contributed by atoms with Crippen molar-refractivity contribution in [3.63, 3.8) is 0 Å². The average molecular weight is 448 g/mol. The maximum Gasteiger partial charge on any atom is 0.300 e. The highest BCUT2D eigenvalue weighted by Crippen LogP contribution is 2.28. The van der Waals surface area contributed by atoms with E-state index in [2.05, 4.69) is 54.1 Å². The maximum atomic E-state index is 12.1. The first-order chi connectivity index (χ1) is 16.1. The fourth-order valence-electron chi connectivity index (χ4n) is 4.40. The van der Waals surface area contributed by atoms with Crippen molar-refractivity contribution < 1.29 is 14.2 Å². The number of hydrogen-bond donors (Lipinski definition) is 0. The molecule has 0 aliphatic carbocycles. The summed E-state index contributed by atoms with van der Waals surface area (Å²) in [5.41, 5.74) is 5.63. The third kappa shape index (κ3) is 4.79. The Labute approximate surface area is 193 Å². The number of benzene rings is 2. The molecule has 0 radical (unpaired) electrons. The van der Waals surface area contributed by atoms with Crippen molar-refractivity contribution in [2.45, 2.75) is 33.0 Å². The van der Waals surface area contributed by atoms with Gasteiger partial charge in [0.15, 0.2) is 6.10 Å². The van der Waals surface area contributed by atoms with Crippen molar-refractivity contribution in [2.75, 3.05) is 32.9 Å². The Morgan fingerprint density at radius 1 is 1.09 bits per heavy atom. The Morgan fingerprint density at radius 3 is 2.67 bits per heavy atom. The number of aryl methyl sites for hydroxylation is 1. The molecular weight excluding hydrogens is 418 g/mol. The zero-order chi connectivity index (χ0) is 22.8. The van der Waals surface area contributed by atoms with Gasteiger partial charge in [-0.15, -0.1) is 0 Å². The van der Waals surface area contributed by atoms with E-state index in [4.69, 9.17) is 14.2 Å². The topological polar surface area (TPSA) is 65.8 Å². The van der Waals surface area contributed by atoms with Crippen LogP contribution in [0.3, 0.4) is 0 Å². The molecule has 1 atom stereocenters. The molecule has 5 rings (SSSR count). The van der Waals surface area contributed by atoms with Crippen LogP contribution in [0.2, 0.25) is 0 Å². The van der Waals surface area contributed by atoms with Crippen LogP contribution in [0.25, 0.3) is 11.1 Å². The fourth-order valence-corrected chi connectivity index (χ4v) is 4.40. The second-order valence-electron chi connectivity index (χ2n) is 8.69. The van der Waals surface area contributed by atoms with Gasteiger partial charge in [0.25, 0.3) is 5.56 Å². The van der Waals surface area contributed by atoms with Crippen LogP contribution in [-0.2, 0) is 17.8 Å². The van der Waals surface area contributed by atoms with Gasteiger partial charge < -0.3 is 14.2 Å². The molecule has 0 N–H and O–H groups in total. The fraction of sp³-hybridized carbons (Fsp3) is 0.385. The third-order valence-corrected chi connectivity index (χ3v) is 6.43. The summed E-state index contributed by atoms with van der Waals surface area (Å²) < 4.78 is 19.4. The molecule has 2 aliphatic rings. The molecule has 0 saturated carbocycles. The van der Waals surface area contributed by atoms with Gasteiger partial charge in [0, 0.05) is 31.4 Å². The minimum absolute atomic E-state index is 0.193. The number of morpholine rings is 1. The second kappa shape index (κ2) is 9.37. The summed E-state index contributed by atoms with van der Waals surface area (Å²) in [5.74, 6) is 0.791. The molecule has 1 saturated heterocycles. The number of fused-ring (bicyclic) bond motifs is 1. The lowest BCUT2D eigenvalue weighted by Gasteiger charge is -2.27. The number of aromatic nitrogens is 2. The lowest BCUT2D eigenvalue weighted by atomic mass is 9.97. The van der Waals surface area contributed by atoms with Crippen molar-refractivity contribution in [3.05, 3.63) is 75.7 Å². The van der Waals surface area contributed by atoms with E-state index >= 15 is 0 Å². The van der Waals surface area contributed by atoms with E-state index in [0.717, 1.165) is 37.7 Å². The van der Waals surface area contributed by atoms with Crippen LogP contribution < -0.4 is 15.0 Å². The molecule has 1 fully saturated rings. The van der Waals surface area contributed by atoms with Gasteiger partial charge in [0.1, 0.15) is 12.4 Å². The van der Waals surface area contributed by atoms with E-state index in [9.17, 15) is 4.79 Å². The minimum Gasteiger partial charge on any atom is -0.490 e. The largest absolute Gasteiger partial charge is 0.490 e. The Morgan fingerprint density at radius 2 is 1.88 bits per heavy atom. The van der Waals surface area contributed by atoms with Gasteiger partial charge >= 0.3 is 6.01 Å². The van der Waals surface area contributed by atoms with Crippen molar-refractivity contribution in [1.29, 1.82) is 0 Å². The molecule has 3 heterocycles. The van der Waals surface area contributed by atoms with E-state index in [1.807, 2.05) is 16.7 Å². The van der Waals surface area contributed by atoms with Crippen LogP contribution in [-0.4, -0.2) is 53.5 Å². The summed E-state index contributed by atoms with van der Waals surface area (Å²) in [6.07, 6.45) is -0.193. The van der Waals surface area contributed by atoms with E-state index in [1.54, 1.807) is 6.07 Å². The molecule has 0 bridgehead atoms. The van der Waals surface area contributed by atoms with Crippen LogP contribution in [0.5, 0.6) is 11.8 Å². The summed E-state index contributed by atoms with van der Waals surface area (Å²) in [6.45, 7) is 9.12. The van der Waals surface area contributed by atoms with Gasteiger partial charge in [-0.2, -0.15) is 4.98 Å². The number of nitrogens with zero attached hydrogens (tertiary/aromatic N) is 3. The van der Waals surface area contributed by atoms with Crippen LogP contribution in [0.15, 0.2) is 53.3 Å². The number of hydrogen-bond acceptors (Lipinski definition) is 6. The first-order valence-corrected chi connectivity index (χ1v) is 11.4. The van der Waals surface area contributed by atoms with Gasteiger partial charge in [-0.3, -0.25) is 14.3 Å². The van der Waals surface area contributed by atoms with Gasteiger partial charge in [-0.05, 0) is 48.2 Å². The summed E-state index contributed by atoms with van der Waals surface area (Å²) in [4.78, 5) is 18.4. The smallest absolute Gasteiger partial charge is 0.300 e. The average Bonchev–Trinajstić information content (AvgIpc) is 3.24. The van der Waals surface area contributed by atoms with Crippen LogP contribution in [0, 0.1) is 13.8 Å². The number of rotatable bonds is 6. The maximum absolute atomic E-state index is 12.1. The predicted molar refractivity (Wildman–Crippen MR) is 126 cm³/mol. The van der Waals surface area contributed by atoms with E-state index in [1.165, 1.54) is 22.3 Å². The predicted octanol–water partition coefficient (Wildman–Crippen LogP) is 3.20. The summed E-state index contributed by atoms with van der Waals surface area (Å²) in [6, 6.07) is 16.5. The van der Waals surface area contributed by atoms with E-state index < -0.39 is 0 Å². The van der Waals surface area contributed by atoms with Gasteiger partial charge in [0.2, 0.25) is 0 Å². The zero-order valence-corrected chi connectivity index (χ0v) is 19.1. The molecule has 1 aromatic heterocycles. The molecule has 7 nitrogen and oxygen atoms in total. The highest BCUT2D eigenvalue weighted by atomic mass is 16.6. The number of ether oxygens (including phenoxy) is 3. The van der Waals surface area contributed by atoms with Crippen molar-refractivity contribution >= 4 is 0 Å². The van der Waals surface area contributed by atoms with Crippen molar-refractivity contribution in [2.24, 2.45) is 0 Å². The quantitative estimate of drug-likeness (QED) is 0.578. The van der Waals surface area contributed by atoms with Gasteiger partial charge in [-0.25, -0.2) is 0 Å². The Kier molecular flexibility index (Phi) is 6.15. The van der Waals surface area contributed by atoms with Crippen LogP contribution >= 0.6 is 0 Å². The second-order valence-corrected chi connectivity index (χ2v) is 8.69. The third-order valence-electron chi connectivity index (χ3n) is 6.43. The molecule has 7 heteroatoms. The first-order valence-electron chi connectivity index (χ1n) is 11.4. The van der Waals surface area contributed by atoms with Crippen molar-refractivity contribution in [1.82, 2.24) is 14.5 Å². The molecule has 0 amide bonds. The lowest BCUT2D eigenvalue weighted by Crippen LogP contribution is -2.36. The summed E-state index contributed by atoms with van der Waals surface area (Å²) >= 11 is 0. The first kappa shape index (κ1) is 21.7. The summed E-state index contributed by atoms with van der Waals surface area (Å²) in [7, 11) is 0. The monoisotopic (exact) mass is 447 g/mol. The standard InChI is InChI=1S/C26H29N3O4/c1-18-4-3-5-24(19(18)2)20-6-8-22(9-7-20)32-17-23-16-29-21(14-25(30)27-26(29)33-23)15-28-10-12-31-13-11-28/h3-9,14,23H,10-13,15-17H2,1-2H3/t23-/m0/s1. The Hall–Kier alpha value is -3.16. The molecule has 33 heavy (non-hydrogen) atoms. The normalized spacial score (nSPS) is 18.1. The van der Waals surface area contributed by atoms with Crippen LogP contribution in [0.1, 0.15) is 16.8 Å². The molecule has 0 unspecified atom stereocenters. The zero-order valence-electron chi connectivity index (χ0n) is 19.1. The highest BCUT2D eigenvalue weighted by Gasteiger charge is 2.27. The van der Waals surface area contributed by atoms with Crippen molar-refractivity contribution in [3.8, 4) is 22.9 Å². The Bertz CT molecular complexity index is 1180. The molecule has 2 aromatic carbocycles. The molecule has 2 aliphatic heterocycles. The molecular formula is C26H29N3O4. The van der Waals surface area contributed by atoms with Gasteiger partial charge in [-0.1, -0.05) is 30.3 Å². The molecule has 172 valence electrons. The molecule has 3 aromatic rings. The van der Waals surface area contributed by atoms with E-state index in [0.29, 0.717) is 25.7 Å². The minimum atomic E-state index is -0.270. The molecule has 0 spiro atoms. The van der Waals surface area contributed by atoms with E-state index in [-0.39, 0.29) is 11.7 Å².